The predicted octanol–water partition coefficient (Wildman–Crippen LogP) is 5.56. The minimum absolute atomic E-state index is 0.0473. The Kier molecular flexibility index (Phi) is 14.3. The van der Waals surface area contributed by atoms with Gasteiger partial charge in [0.05, 0.1) is 24.6 Å². The highest BCUT2D eigenvalue weighted by Crippen LogP contribution is 2.39. The first kappa shape index (κ1) is 42.7. The molecule has 0 unspecified atom stereocenters. The first-order chi connectivity index (χ1) is 24.1. The Labute approximate surface area is 305 Å². The van der Waals surface area contributed by atoms with E-state index in [0.29, 0.717) is 29.9 Å². The fourth-order valence-electron chi connectivity index (χ4n) is 6.11. The summed E-state index contributed by atoms with van der Waals surface area (Å²) in [5, 5.41) is 37.3. The number of aliphatic hydroxyl groups excluding tert-OH is 4. The second-order valence-electron chi connectivity index (χ2n) is 15.5. The number of aliphatic hydroxyl groups is 4. The summed E-state index contributed by atoms with van der Waals surface area (Å²) in [6.45, 7) is 14.7. The maximum atomic E-state index is 15.5. The summed E-state index contributed by atoms with van der Waals surface area (Å²) in [5.74, 6) is 0. The Balaban J connectivity index is 0.000000281. The van der Waals surface area contributed by atoms with E-state index >= 15 is 8.78 Å². The van der Waals surface area contributed by atoms with E-state index in [1.54, 1.807) is 57.0 Å². The Morgan fingerprint density at radius 1 is 0.808 bits per heavy atom. The van der Waals surface area contributed by atoms with Crippen LogP contribution in [0.5, 0.6) is 0 Å². The number of amides is 2. The molecule has 0 aromatic carbocycles. The highest BCUT2D eigenvalue weighted by Gasteiger charge is 2.42. The van der Waals surface area contributed by atoms with Gasteiger partial charge in [0, 0.05) is 69.8 Å². The van der Waals surface area contributed by atoms with Crippen molar-refractivity contribution >= 4 is 18.3 Å². The van der Waals surface area contributed by atoms with Gasteiger partial charge in [0.15, 0.2) is 11.3 Å². The largest absolute Gasteiger partial charge is 0.444 e. The number of ether oxygens (including phenoxy) is 2. The van der Waals surface area contributed by atoms with Crippen LogP contribution in [-0.2, 0) is 20.8 Å². The van der Waals surface area contributed by atoms with Gasteiger partial charge in [-0.05, 0) is 84.2 Å². The van der Waals surface area contributed by atoms with E-state index in [2.05, 4.69) is 9.97 Å². The van der Waals surface area contributed by atoms with Crippen LogP contribution < -0.4 is 0 Å². The SMILES string of the molecule is Cc1cc(/C=C/CO)cnc1C1(F)CCN(C(=O)OC(C)(C)C)CC1.Cc1cc([C@H](O)[C@@H](O)CO)cnc1C1(F)CCN(C(=O)OC(C)(C)C)CC1. The fraction of sp³-hybridized carbons (Fsp3) is 0.632. The van der Waals surface area contributed by atoms with Gasteiger partial charge in [-0.3, -0.25) is 9.97 Å². The molecule has 14 heteroatoms. The third-order valence-corrected chi connectivity index (χ3v) is 8.77. The zero-order valence-corrected chi connectivity index (χ0v) is 31.7. The number of rotatable bonds is 7. The summed E-state index contributed by atoms with van der Waals surface area (Å²) in [7, 11) is 0. The monoisotopic (exact) mass is 734 g/mol. The van der Waals surface area contributed by atoms with Crippen molar-refractivity contribution in [1.82, 2.24) is 19.8 Å². The molecule has 2 aliphatic heterocycles. The molecule has 4 heterocycles. The lowest BCUT2D eigenvalue weighted by atomic mass is 9.87. The van der Waals surface area contributed by atoms with Gasteiger partial charge in [-0.15, -0.1) is 0 Å². The highest BCUT2D eigenvalue weighted by molar-refractivity contribution is 5.68. The number of hydrogen-bond acceptors (Lipinski definition) is 10. The first-order valence-corrected chi connectivity index (χ1v) is 17.6. The lowest BCUT2D eigenvalue weighted by Gasteiger charge is -2.37. The Hall–Kier alpha value is -3.72. The van der Waals surface area contributed by atoms with E-state index in [1.807, 2.05) is 33.8 Å². The maximum absolute atomic E-state index is 15.5. The molecule has 2 aromatic rings. The van der Waals surface area contributed by atoms with Crippen LogP contribution in [0, 0.1) is 13.8 Å². The number of nitrogens with zero attached hydrogens (tertiary/aromatic N) is 4. The summed E-state index contributed by atoms with van der Waals surface area (Å²) >= 11 is 0. The zero-order chi connectivity index (χ0) is 39.1. The van der Waals surface area contributed by atoms with E-state index < -0.39 is 53.5 Å². The average Bonchev–Trinajstić information content (AvgIpc) is 3.05. The zero-order valence-electron chi connectivity index (χ0n) is 31.7. The molecular formula is C38H56F2N4O8. The second-order valence-corrected chi connectivity index (χ2v) is 15.5. The maximum Gasteiger partial charge on any atom is 0.410 e. The molecule has 2 fully saturated rings. The summed E-state index contributed by atoms with van der Waals surface area (Å²) in [6.07, 6.45) is 3.41. The van der Waals surface area contributed by atoms with Gasteiger partial charge in [-0.25, -0.2) is 18.4 Å². The van der Waals surface area contributed by atoms with Crippen LogP contribution in [0.3, 0.4) is 0 Å². The first-order valence-electron chi connectivity index (χ1n) is 17.6. The average molecular weight is 735 g/mol. The van der Waals surface area contributed by atoms with Crippen LogP contribution in [0.2, 0.25) is 0 Å². The molecule has 12 nitrogen and oxygen atoms in total. The molecular weight excluding hydrogens is 678 g/mol. The fourth-order valence-corrected chi connectivity index (χ4v) is 6.11. The number of piperidine rings is 2. The predicted molar refractivity (Wildman–Crippen MR) is 192 cm³/mol. The number of likely N-dealkylation sites (tertiary alicyclic amines) is 2. The molecule has 2 aliphatic rings. The number of carbonyl (C=O) groups is 2. The molecule has 2 aromatic heterocycles. The molecule has 52 heavy (non-hydrogen) atoms. The van der Waals surface area contributed by atoms with Crippen molar-refractivity contribution < 1.29 is 48.3 Å². The number of aromatic nitrogens is 2. The summed E-state index contributed by atoms with van der Waals surface area (Å²) in [6, 6.07) is 3.42. The molecule has 0 bridgehead atoms. The van der Waals surface area contributed by atoms with E-state index in [4.69, 9.17) is 19.7 Å². The van der Waals surface area contributed by atoms with Crippen molar-refractivity contribution in [3.63, 3.8) is 0 Å². The van der Waals surface area contributed by atoms with Gasteiger partial charge in [0.1, 0.15) is 23.4 Å². The molecule has 4 N–H and O–H groups in total. The van der Waals surface area contributed by atoms with Gasteiger partial charge >= 0.3 is 12.2 Å². The van der Waals surface area contributed by atoms with Crippen LogP contribution in [-0.4, -0.2) is 109 Å². The normalized spacial score (nSPS) is 18.7. The Bertz CT molecular complexity index is 1540. The quantitative estimate of drug-likeness (QED) is 0.283. The van der Waals surface area contributed by atoms with Crippen molar-refractivity contribution in [2.75, 3.05) is 39.4 Å². The van der Waals surface area contributed by atoms with Crippen LogP contribution >= 0.6 is 0 Å². The van der Waals surface area contributed by atoms with E-state index in [-0.39, 0.29) is 51.1 Å². The molecule has 0 radical (unpaired) electrons. The lowest BCUT2D eigenvalue weighted by Crippen LogP contribution is -2.45. The Morgan fingerprint density at radius 2 is 1.23 bits per heavy atom. The minimum atomic E-state index is -1.68. The highest BCUT2D eigenvalue weighted by atomic mass is 19.1. The molecule has 290 valence electrons. The number of aryl methyl sites for hydroxylation is 2. The van der Waals surface area contributed by atoms with E-state index in [1.165, 1.54) is 11.1 Å². The topological polar surface area (TPSA) is 166 Å². The van der Waals surface area contributed by atoms with Crippen molar-refractivity contribution in [2.24, 2.45) is 0 Å². The summed E-state index contributed by atoms with van der Waals surface area (Å²) in [4.78, 5) is 35.8. The summed E-state index contributed by atoms with van der Waals surface area (Å²) in [5.41, 5.74) is -1.23. The van der Waals surface area contributed by atoms with Crippen LogP contribution in [0.4, 0.5) is 18.4 Å². The Morgan fingerprint density at radius 3 is 1.60 bits per heavy atom. The van der Waals surface area contributed by atoms with Crippen molar-refractivity contribution in [3.8, 4) is 0 Å². The molecule has 0 saturated carbocycles. The van der Waals surface area contributed by atoms with Gasteiger partial charge in [-0.1, -0.05) is 12.2 Å². The number of alkyl halides is 2. The third kappa shape index (κ3) is 11.6. The number of hydrogen-bond donors (Lipinski definition) is 4. The van der Waals surface area contributed by atoms with Crippen molar-refractivity contribution in [2.45, 2.75) is 116 Å². The van der Waals surface area contributed by atoms with Gasteiger partial charge < -0.3 is 39.7 Å². The number of pyridine rings is 2. The van der Waals surface area contributed by atoms with E-state index in [0.717, 1.165) is 11.1 Å². The standard InChI is InChI=1S/C19H29FN2O5.C19H27FN2O3/c1-12-9-13(15(25)14(24)11-23)10-21-16(12)19(20)5-7-22(8-6-19)17(26)27-18(2,3)4;1-14-12-15(6-5-11-23)13-21-16(14)19(20)7-9-22(10-8-19)17(24)25-18(2,3)4/h9-10,14-15,23-25H,5-8,11H2,1-4H3;5-6,12-13,23H,7-11H2,1-4H3/b;6-5+/t14-,15-;/m0./s1. The molecule has 4 rings (SSSR count). The number of carbonyl (C=O) groups excluding carboxylic acids is 2. The van der Waals surface area contributed by atoms with E-state index in [9.17, 15) is 19.8 Å². The van der Waals surface area contributed by atoms with Gasteiger partial charge in [0.25, 0.3) is 0 Å². The third-order valence-electron chi connectivity index (χ3n) is 8.77. The minimum Gasteiger partial charge on any atom is -0.444 e. The molecule has 2 atom stereocenters. The molecule has 2 saturated heterocycles. The van der Waals surface area contributed by atoms with Gasteiger partial charge in [0.2, 0.25) is 0 Å². The molecule has 0 spiro atoms. The summed E-state index contributed by atoms with van der Waals surface area (Å²) < 4.78 is 41.6. The lowest BCUT2D eigenvalue weighted by molar-refractivity contribution is -0.0156. The molecule has 0 aliphatic carbocycles. The molecule has 2 amide bonds. The van der Waals surface area contributed by atoms with Crippen molar-refractivity contribution in [1.29, 1.82) is 0 Å². The number of halogens is 2. The van der Waals surface area contributed by atoms with Crippen LogP contribution in [0.1, 0.15) is 107 Å². The van der Waals surface area contributed by atoms with Crippen molar-refractivity contribution in [3.05, 3.63) is 64.2 Å². The second kappa shape index (κ2) is 17.4. The van der Waals surface area contributed by atoms with Crippen LogP contribution in [0.15, 0.2) is 30.6 Å². The van der Waals surface area contributed by atoms with Gasteiger partial charge in [-0.2, -0.15) is 0 Å². The smallest absolute Gasteiger partial charge is 0.410 e. The van der Waals surface area contributed by atoms with Crippen LogP contribution in [0.25, 0.3) is 6.08 Å².